The molecule has 6 nitrogen and oxygen atoms in total. The number of amides is 2. The molecule has 1 aromatic carbocycles. The second-order valence-electron chi connectivity index (χ2n) is 11.2. The summed E-state index contributed by atoms with van der Waals surface area (Å²) in [6.45, 7) is 7.16. The molecule has 3 N–H and O–H groups in total. The third-order valence-corrected chi connectivity index (χ3v) is 10.4. The number of rotatable bonds is 10. The summed E-state index contributed by atoms with van der Waals surface area (Å²) in [5.74, 6) is 3.25. The molecule has 2 atom stereocenters. The maximum Gasteiger partial charge on any atom is 0.244 e. The number of nitrogens with zero attached hydrogens (tertiary/aromatic N) is 1. The molecule has 0 bridgehead atoms. The molecule has 1 saturated carbocycles. The topological polar surface area (TPSA) is 73.5 Å². The van der Waals surface area contributed by atoms with Crippen LogP contribution < -0.4 is 16.0 Å². The number of likely N-dealkylation sites (tertiary alicyclic amines) is 1. The number of carbonyl (C=O) groups excluding carboxylic acids is 2. The van der Waals surface area contributed by atoms with Crippen LogP contribution in [0.1, 0.15) is 71.8 Å². The van der Waals surface area contributed by atoms with Crippen LogP contribution in [0, 0.1) is 5.92 Å². The Morgan fingerprint density at radius 2 is 1.74 bits per heavy atom. The Balaban J connectivity index is 0.00000253. The van der Waals surface area contributed by atoms with Gasteiger partial charge in [-0.2, -0.15) is 11.8 Å². The van der Waals surface area contributed by atoms with Crippen molar-refractivity contribution in [2.45, 2.75) is 95.6 Å². The highest BCUT2D eigenvalue weighted by atomic mass is 35.5. The van der Waals surface area contributed by atoms with Gasteiger partial charge in [0.05, 0.1) is 6.04 Å². The van der Waals surface area contributed by atoms with Crippen molar-refractivity contribution in [3.8, 4) is 0 Å². The van der Waals surface area contributed by atoms with E-state index >= 15 is 0 Å². The highest BCUT2D eigenvalue weighted by Gasteiger charge is 2.40. The minimum atomic E-state index is -0.548. The summed E-state index contributed by atoms with van der Waals surface area (Å²) in [7, 11) is 0. The summed E-state index contributed by atoms with van der Waals surface area (Å²) in [6, 6.07) is 9.96. The molecule has 0 spiro atoms. The van der Waals surface area contributed by atoms with Crippen LogP contribution in [0.15, 0.2) is 30.3 Å². The Labute approximate surface area is 257 Å². The standard InChI is InChI=1S/C28H44N4O2S2.CH4.2ClH/c1-28(2,36-18-22-11-7-4-8-12-22)25(31-26(33)24-19-35-20-29-24)27(34)30-23-13-15-32(16-14-23)17-21-9-5-3-6-10-21;;;/h3,5-6,9-10,22-25,29H,4,7-8,11-20H2,1-2H3,(H,30,34)(H,31,33);1H4;2*1H/t24-,25+;;;/m0.../s1. The molecular formula is C29H50Cl2N4O2S2. The van der Waals surface area contributed by atoms with E-state index in [4.69, 9.17) is 0 Å². The van der Waals surface area contributed by atoms with Crippen molar-refractivity contribution >= 4 is 60.2 Å². The number of halogens is 2. The molecule has 2 saturated heterocycles. The smallest absolute Gasteiger partial charge is 0.244 e. The van der Waals surface area contributed by atoms with Crippen molar-refractivity contribution in [1.29, 1.82) is 0 Å². The lowest BCUT2D eigenvalue weighted by Gasteiger charge is -2.38. The predicted molar refractivity (Wildman–Crippen MR) is 173 cm³/mol. The first-order chi connectivity index (χ1) is 17.4. The molecule has 1 aliphatic carbocycles. The summed E-state index contributed by atoms with van der Waals surface area (Å²) < 4.78 is -0.378. The Kier molecular flexibility index (Phi) is 16.8. The number of benzene rings is 1. The van der Waals surface area contributed by atoms with Gasteiger partial charge in [-0.05, 0) is 56.8 Å². The summed E-state index contributed by atoms with van der Waals surface area (Å²) in [4.78, 5) is 29.2. The zero-order chi connectivity index (χ0) is 25.4. The molecule has 4 rings (SSSR count). The number of hydrogen-bond acceptors (Lipinski definition) is 6. The third-order valence-electron chi connectivity index (χ3n) is 7.88. The van der Waals surface area contributed by atoms with E-state index in [1.807, 2.05) is 11.8 Å². The van der Waals surface area contributed by atoms with Crippen LogP contribution in [0.4, 0.5) is 0 Å². The molecule has 0 unspecified atom stereocenters. The maximum absolute atomic E-state index is 13.7. The summed E-state index contributed by atoms with van der Waals surface area (Å²) in [5.41, 5.74) is 1.33. The van der Waals surface area contributed by atoms with E-state index in [9.17, 15) is 9.59 Å². The van der Waals surface area contributed by atoms with E-state index in [0.717, 1.165) is 55.8 Å². The van der Waals surface area contributed by atoms with Crippen LogP contribution in [0.3, 0.4) is 0 Å². The fourth-order valence-corrected chi connectivity index (χ4v) is 7.77. The largest absolute Gasteiger partial charge is 0.351 e. The molecule has 3 aliphatic rings. The van der Waals surface area contributed by atoms with Gasteiger partial charge >= 0.3 is 0 Å². The highest BCUT2D eigenvalue weighted by Crippen LogP contribution is 2.35. The van der Waals surface area contributed by atoms with Crippen molar-refractivity contribution in [3.63, 3.8) is 0 Å². The van der Waals surface area contributed by atoms with Crippen LogP contribution in [-0.2, 0) is 16.1 Å². The molecule has 2 amide bonds. The third kappa shape index (κ3) is 11.3. The first-order valence-corrected chi connectivity index (χ1v) is 15.9. The number of nitrogens with one attached hydrogen (secondary N) is 3. The van der Waals surface area contributed by atoms with Gasteiger partial charge in [0.1, 0.15) is 6.04 Å². The normalized spacial score (nSPS) is 21.5. The molecule has 39 heavy (non-hydrogen) atoms. The number of piperidine rings is 1. The Morgan fingerprint density at radius 3 is 2.36 bits per heavy atom. The van der Waals surface area contributed by atoms with Crippen LogP contribution >= 0.6 is 48.3 Å². The molecule has 224 valence electrons. The van der Waals surface area contributed by atoms with Gasteiger partial charge in [-0.15, -0.1) is 36.6 Å². The van der Waals surface area contributed by atoms with E-state index < -0.39 is 6.04 Å². The number of carbonyl (C=O) groups is 2. The second kappa shape index (κ2) is 18.0. The first-order valence-electron chi connectivity index (χ1n) is 13.7. The zero-order valence-corrected chi connectivity index (χ0v) is 26.1. The molecule has 0 aromatic heterocycles. The van der Waals surface area contributed by atoms with Gasteiger partial charge in [-0.3, -0.25) is 19.8 Å². The second-order valence-corrected chi connectivity index (χ2v) is 13.9. The Bertz CT molecular complexity index is 845. The van der Waals surface area contributed by atoms with Crippen LogP contribution in [0.5, 0.6) is 0 Å². The van der Waals surface area contributed by atoms with Gasteiger partial charge in [0, 0.05) is 42.1 Å². The average Bonchev–Trinajstić information content (AvgIpc) is 3.44. The van der Waals surface area contributed by atoms with Gasteiger partial charge in [-0.1, -0.05) is 57.0 Å². The zero-order valence-electron chi connectivity index (χ0n) is 22.8. The highest BCUT2D eigenvalue weighted by molar-refractivity contribution is 8.00. The predicted octanol–water partition coefficient (Wildman–Crippen LogP) is 5.49. The van der Waals surface area contributed by atoms with E-state index in [1.54, 1.807) is 11.8 Å². The minimum Gasteiger partial charge on any atom is -0.351 e. The van der Waals surface area contributed by atoms with Crippen molar-refractivity contribution in [2.24, 2.45) is 5.92 Å². The SMILES string of the molecule is C.CC(C)(SCC1CCCCC1)[C@H](NC(=O)[C@@H]1CSCN1)C(=O)NC1CCN(Cc2ccccc2)CC1.Cl.Cl. The lowest BCUT2D eigenvalue weighted by Crippen LogP contribution is -2.61. The van der Waals surface area contributed by atoms with Crippen LogP contribution in [-0.4, -0.2) is 70.1 Å². The van der Waals surface area contributed by atoms with Crippen molar-refractivity contribution in [1.82, 2.24) is 20.9 Å². The Hall–Kier alpha value is -0.640. The summed E-state index contributed by atoms with van der Waals surface area (Å²) in [6.07, 6.45) is 8.45. The summed E-state index contributed by atoms with van der Waals surface area (Å²) >= 11 is 3.59. The monoisotopic (exact) mass is 620 g/mol. The van der Waals surface area contributed by atoms with Gasteiger partial charge in [0.2, 0.25) is 11.8 Å². The number of hydrogen-bond donors (Lipinski definition) is 3. The molecule has 1 aromatic rings. The average molecular weight is 622 g/mol. The van der Waals surface area contributed by atoms with Crippen molar-refractivity contribution < 1.29 is 9.59 Å². The number of thioether (sulfide) groups is 2. The van der Waals surface area contributed by atoms with E-state index in [1.165, 1.54) is 37.7 Å². The maximum atomic E-state index is 13.7. The molecule has 3 fully saturated rings. The molecule has 2 heterocycles. The first kappa shape index (κ1) is 36.4. The molecule has 2 aliphatic heterocycles. The fourth-order valence-electron chi connectivity index (χ4n) is 5.49. The van der Waals surface area contributed by atoms with Crippen LogP contribution in [0.2, 0.25) is 0 Å². The lowest BCUT2D eigenvalue weighted by atomic mass is 9.91. The fraction of sp³-hybridized carbons (Fsp3) is 0.724. The molecular weight excluding hydrogens is 571 g/mol. The van der Waals surface area contributed by atoms with Crippen LogP contribution in [0.25, 0.3) is 0 Å². The van der Waals surface area contributed by atoms with Gasteiger partial charge in [0.25, 0.3) is 0 Å². The summed E-state index contributed by atoms with van der Waals surface area (Å²) in [5, 5.41) is 9.73. The van der Waals surface area contributed by atoms with E-state index in [-0.39, 0.29) is 60.9 Å². The minimum absolute atomic E-state index is 0. The molecule has 10 heteroatoms. The van der Waals surface area contributed by atoms with Crippen molar-refractivity contribution in [3.05, 3.63) is 35.9 Å². The Morgan fingerprint density at radius 1 is 1.08 bits per heavy atom. The van der Waals surface area contributed by atoms with Gasteiger partial charge < -0.3 is 10.6 Å². The molecule has 0 radical (unpaired) electrons. The van der Waals surface area contributed by atoms with Crippen molar-refractivity contribution in [2.75, 3.05) is 30.5 Å². The lowest BCUT2D eigenvalue weighted by molar-refractivity contribution is -0.130. The van der Waals surface area contributed by atoms with Gasteiger partial charge in [0.15, 0.2) is 0 Å². The van der Waals surface area contributed by atoms with E-state index in [2.05, 4.69) is 65.0 Å². The van der Waals surface area contributed by atoms with E-state index in [0.29, 0.717) is 0 Å². The quantitative estimate of drug-likeness (QED) is 0.321. The van der Waals surface area contributed by atoms with Gasteiger partial charge in [-0.25, -0.2) is 0 Å².